The number of H-pyrrole nitrogens is 1. The fraction of sp³-hybridized carbons (Fsp3) is 0.286. The summed E-state index contributed by atoms with van der Waals surface area (Å²) < 4.78 is 5.33. The highest BCUT2D eigenvalue weighted by Gasteiger charge is 2.25. The third kappa shape index (κ3) is 3.30. The predicted molar refractivity (Wildman–Crippen MR) is 98.5 cm³/mol. The standard InChI is InChI=1S/C21H22N2O2/c24-21(16-10-11-25-14-16)23-12-18(15-6-2-1-3-7-15)19-13-22-20-9-5-4-8-17(19)20/h1-9,13,16,18,22H,10-12,14H2,(H,23,24). The first-order chi connectivity index (χ1) is 12.3. The van der Waals surface area contributed by atoms with Crippen molar-refractivity contribution in [1.82, 2.24) is 10.3 Å². The zero-order valence-corrected chi connectivity index (χ0v) is 14.1. The Bertz CT molecular complexity index is 850. The molecule has 4 heteroatoms. The van der Waals surface area contributed by atoms with Gasteiger partial charge in [-0.2, -0.15) is 0 Å². The number of hydrogen-bond donors (Lipinski definition) is 2. The molecule has 2 unspecified atom stereocenters. The number of ether oxygens (including phenoxy) is 1. The Labute approximate surface area is 147 Å². The number of nitrogens with one attached hydrogen (secondary N) is 2. The molecule has 4 nitrogen and oxygen atoms in total. The Morgan fingerprint density at radius 2 is 1.96 bits per heavy atom. The number of fused-ring (bicyclic) bond motifs is 1. The highest BCUT2D eigenvalue weighted by molar-refractivity contribution is 5.84. The second-order valence-corrected chi connectivity index (χ2v) is 6.56. The SMILES string of the molecule is O=C(NCC(c1ccccc1)c1c[nH]c2ccccc12)C1CCOC1. The van der Waals surface area contributed by atoms with Crippen LogP contribution in [0.25, 0.3) is 10.9 Å². The Hall–Kier alpha value is -2.59. The lowest BCUT2D eigenvalue weighted by molar-refractivity contribution is -0.124. The summed E-state index contributed by atoms with van der Waals surface area (Å²) in [4.78, 5) is 15.8. The molecule has 2 atom stereocenters. The summed E-state index contributed by atoms with van der Waals surface area (Å²) in [7, 11) is 0. The van der Waals surface area contributed by atoms with Gasteiger partial charge < -0.3 is 15.0 Å². The summed E-state index contributed by atoms with van der Waals surface area (Å²) in [5, 5.41) is 4.35. The number of benzene rings is 2. The first kappa shape index (κ1) is 15.9. The minimum absolute atomic E-state index is 0.0145. The van der Waals surface area contributed by atoms with Gasteiger partial charge in [0, 0.05) is 36.2 Å². The molecule has 1 fully saturated rings. The first-order valence-electron chi connectivity index (χ1n) is 8.79. The molecule has 4 rings (SSSR count). The molecule has 0 aliphatic carbocycles. The summed E-state index contributed by atoms with van der Waals surface area (Å²) in [6.07, 6.45) is 2.88. The van der Waals surface area contributed by atoms with Crippen molar-refractivity contribution < 1.29 is 9.53 Å². The molecule has 2 N–H and O–H groups in total. The molecule has 1 saturated heterocycles. The van der Waals surface area contributed by atoms with E-state index in [1.807, 2.05) is 24.3 Å². The highest BCUT2D eigenvalue weighted by atomic mass is 16.5. The van der Waals surface area contributed by atoms with E-state index >= 15 is 0 Å². The monoisotopic (exact) mass is 334 g/mol. The summed E-state index contributed by atoms with van der Waals surface area (Å²) >= 11 is 0. The van der Waals surface area contributed by atoms with Crippen molar-refractivity contribution >= 4 is 16.8 Å². The van der Waals surface area contributed by atoms with Gasteiger partial charge in [0.2, 0.25) is 5.91 Å². The largest absolute Gasteiger partial charge is 0.381 e. The fourth-order valence-corrected chi connectivity index (χ4v) is 3.56. The lowest BCUT2D eigenvalue weighted by Gasteiger charge is -2.19. The number of hydrogen-bond acceptors (Lipinski definition) is 2. The minimum Gasteiger partial charge on any atom is -0.381 e. The second kappa shape index (κ2) is 7.11. The van der Waals surface area contributed by atoms with Crippen LogP contribution in [0.2, 0.25) is 0 Å². The van der Waals surface area contributed by atoms with E-state index in [2.05, 4.69) is 46.8 Å². The number of carbonyl (C=O) groups excluding carboxylic acids is 1. The normalized spacial score (nSPS) is 18.3. The van der Waals surface area contributed by atoms with Gasteiger partial charge in [0.25, 0.3) is 0 Å². The molecule has 128 valence electrons. The first-order valence-corrected chi connectivity index (χ1v) is 8.79. The van der Waals surface area contributed by atoms with Gasteiger partial charge >= 0.3 is 0 Å². The Morgan fingerprint density at radius 3 is 2.76 bits per heavy atom. The number of para-hydroxylation sites is 1. The van der Waals surface area contributed by atoms with E-state index in [9.17, 15) is 4.79 Å². The van der Waals surface area contributed by atoms with Crippen LogP contribution in [0.5, 0.6) is 0 Å². The second-order valence-electron chi connectivity index (χ2n) is 6.56. The average Bonchev–Trinajstić information content (AvgIpc) is 3.33. The van der Waals surface area contributed by atoms with Crippen LogP contribution in [0.3, 0.4) is 0 Å². The third-order valence-corrected chi connectivity index (χ3v) is 4.98. The number of rotatable bonds is 5. The van der Waals surface area contributed by atoms with Gasteiger partial charge in [-0.15, -0.1) is 0 Å². The van der Waals surface area contributed by atoms with E-state index in [-0.39, 0.29) is 17.7 Å². The maximum Gasteiger partial charge on any atom is 0.225 e. The molecule has 1 aromatic heterocycles. The van der Waals surface area contributed by atoms with Crippen LogP contribution >= 0.6 is 0 Å². The Morgan fingerprint density at radius 1 is 1.16 bits per heavy atom. The van der Waals surface area contributed by atoms with E-state index in [0.29, 0.717) is 19.8 Å². The van der Waals surface area contributed by atoms with Gasteiger partial charge in [0.05, 0.1) is 12.5 Å². The van der Waals surface area contributed by atoms with Crippen molar-refractivity contribution in [2.45, 2.75) is 12.3 Å². The zero-order valence-electron chi connectivity index (χ0n) is 14.1. The summed E-state index contributed by atoms with van der Waals surface area (Å²) in [5.74, 6) is 0.196. The van der Waals surface area contributed by atoms with Crippen molar-refractivity contribution in [3.05, 3.63) is 71.9 Å². The quantitative estimate of drug-likeness (QED) is 0.751. The molecule has 1 aliphatic heterocycles. The van der Waals surface area contributed by atoms with Gasteiger partial charge in [-0.1, -0.05) is 48.5 Å². The van der Waals surface area contributed by atoms with Gasteiger partial charge in [0.1, 0.15) is 0 Å². The van der Waals surface area contributed by atoms with Gasteiger partial charge in [0.15, 0.2) is 0 Å². The van der Waals surface area contributed by atoms with E-state index in [1.54, 1.807) is 0 Å². The van der Waals surface area contributed by atoms with Crippen LogP contribution in [0.15, 0.2) is 60.8 Å². The zero-order chi connectivity index (χ0) is 17.1. The molecule has 25 heavy (non-hydrogen) atoms. The van der Waals surface area contributed by atoms with Gasteiger partial charge in [-0.05, 0) is 23.6 Å². The molecule has 0 radical (unpaired) electrons. The third-order valence-electron chi connectivity index (χ3n) is 4.98. The number of carbonyl (C=O) groups is 1. The van der Waals surface area contributed by atoms with E-state index in [0.717, 1.165) is 11.9 Å². The molecule has 2 aromatic carbocycles. The lowest BCUT2D eigenvalue weighted by atomic mass is 9.90. The van der Waals surface area contributed by atoms with Crippen molar-refractivity contribution in [1.29, 1.82) is 0 Å². The summed E-state index contributed by atoms with van der Waals surface area (Å²) in [6.45, 7) is 1.80. The molecule has 1 amide bonds. The topological polar surface area (TPSA) is 54.1 Å². The molecule has 3 aromatic rings. The van der Waals surface area contributed by atoms with E-state index < -0.39 is 0 Å². The van der Waals surface area contributed by atoms with Crippen molar-refractivity contribution in [2.24, 2.45) is 5.92 Å². The van der Waals surface area contributed by atoms with Crippen LogP contribution in [-0.2, 0) is 9.53 Å². The van der Waals surface area contributed by atoms with Crippen LogP contribution in [0.4, 0.5) is 0 Å². The molecule has 0 saturated carbocycles. The predicted octanol–water partition coefficient (Wildman–Crippen LogP) is 3.45. The highest BCUT2D eigenvalue weighted by Crippen LogP contribution is 2.30. The molecule has 0 spiro atoms. The van der Waals surface area contributed by atoms with Crippen LogP contribution in [0, 0.1) is 5.92 Å². The number of amides is 1. The van der Waals surface area contributed by atoms with E-state index in [4.69, 9.17) is 4.74 Å². The van der Waals surface area contributed by atoms with Crippen LogP contribution in [0.1, 0.15) is 23.5 Å². The molecule has 2 heterocycles. The molecular weight excluding hydrogens is 312 g/mol. The van der Waals surface area contributed by atoms with Crippen LogP contribution in [-0.4, -0.2) is 30.6 Å². The molecular formula is C21H22N2O2. The van der Waals surface area contributed by atoms with Crippen molar-refractivity contribution in [3.8, 4) is 0 Å². The van der Waals surface area contributed by atoms with Gasteiger partial charge in [-0.3, -0.25) is 4.79 Å². The lowest BCUT2D eigenvalue weighted by Crippen LogP contribution is -2.34. The molecule has 0 bridgehead atoms. The van der Waals surface area contributed by atoms with Crippen LogP contribution < -0.4 is 5.32 Å². The summed E-state index contributed by atoms with van der Waals surface area (Å²) in [5.41, 5.74) is 3.54. The molecule has 1 aliphatic rings. The minimum atomic E-state index is -0.0145. The van der Waals surface area contributed by atoms with Crippen molar-refractivity contribution in [3.63, 3.8) is 0 Å². The summed E-state index contributed by atoms with van der Waals surface area (Å²) in [6, 6.07) is 18.6. The van der Waals surface area contributed by atoms with Crippen molar-refractivity contribution in [2.75, 3.05) is 19.8 Å². The average molecular weight is 334 g/mol. The smallest absolute Gasteiger partial charge is 0.225 e. The van der Waals surface area contributed by atoms with E-state index in [1.165, 1.54) is 16.5 Å². The maximum atomic E-state index is 12.4. The Balaban J connectivity index is 1.62. The number of aromatic nitrogens is 1. The Kier molecular flexibility index (Phi) is 4.53. The number of aromatic amines is 1. The maximum absolute atomic E-state index is 12.4. The fourth-order valence-electron chi connectivity index (χ4n) is 3.56. The van der Waals surface area contributed by atoms with Gasteiger partial charge in [-0.25, -0.2) is 0 Å².